The zero-order chi connectivity index (χ0) is 10.6. The molecule has 0 unspecified atom stereocenters. The molecule has 0 saturated carbocycles. The summed E-state index contributed by atoms with van der Waals surface area (Å²) in [4.78, 5) is 6.85. The second kappa shape index (κ2) is 4.17. The summed E-state index contributed by atoms with van der Waals surface area (Å²) in [6, 6.07) is 3.08. The van der Waals surface area contributed by atoms with Gasteiger partial charge >= 0.3 is 0 Å². The van der Waals surface area contributed by atoms with Crippen LogP contribution >= 0.6 is 0 Å². The van der Waals surface area contributed by atoms with E-state index in [4.69, 9.17) is 6.57 Å². The average molecular weight is 212 g/mol. The topological polar surface area (TPSA) is 60.6 Å². The van der Waals surface area contributed by atoms with Crippen LogP contribution in [0, 0.1) is 6.57 Å². The van der Waals surface area contributed by atoms with E-state index in [1.807, 2.05) is 0 Å². The van der Waals surface area contributed by atoms with Gasteiger partial charge in [-0.15, -0.1) is 4.98 Å². The molecule has 0 radical (unpaired) electrons. The maximum Gasteiger partial charge on any atom is 0.269 e. The zero-order valence-corrected chi connectivity index (χ0v) is 8.28. The summed E-state index contributed by atoms with van der Waals surface area (Å²) in [5, 5.41) is 0. The molecule has 0 aromatic carbocycles. The predicted octanol–water partition coefficient (Wildman–Crippen LogP) is 1.11. The van der Waals surface area contributed by atoms with E-state index < -0.39 is 10.1 Å². The Morgan fingerprint density at radius 1 is 1.64 bits per heavy atom. The Morgan fingerprint density at radius 2 is 2.36 bits per heavy atom. The summed E-state index contributed by atoms with van der Waals surface area (Å²) >= 11 is 0. The lowest BCUT2D eigenvalue weighted by molar-refractivity contribution is 0.311. The number of pyridine rings is 1. The van der Waals surface area contributed by atoms with Gasteiger partial charge in [0.25, 0.3) is 15.9 Å². The smallest absolute Gasteiger partial charge is 0.269 e. The molecule has 1 rings (SSSR count). The lowest BCUT2D eigenvalue weighted by atomic mass is 10.3. The third-order valence-electron chi connectivity index (χ3n) is 1.36. The fourth-order valence-electron chi connectivity index (χ4n) is 0.787. The van der Waals surface area contributed by atoms with E-state index in [-0.39, 0.29) is 12.4 Å². The Bertz CT molecular complexity index is 462. The largest absolute Gasteiger partial charge is 0.361 e. The van der Waals surface area contributed by atoms with Crippen molar-refractivity contribution in [2.24, 2.45) is 0 Å². The molecule has 0 saturated heterocycles. The number of aromatic nitrogens is 1. The van der Waals surface area contributed by atoms with Crippen molar-refractivity contribution in [2.75, 3.05) is 6.26 Å². The molecule has 0 fully saturated rings. The van der Waals surface area contributed by atoms with E-state index in [0.717, 1.165) is 6.26 Å². The third-order valence-corrected chi connectivity index (χ3v) is 1.91. The van der Waals surface area contributed by atoms with Gasteiger partial charge in [0.05, 0.1) is 12.9 Å². The maximum atomic E-state index is 10.7. The van der Waals surface area contributed by atoms with Crippen LogP contribution in [0.4, 0.5) is 5.82 Å². The van der Waals surface area contributed by atoms with Crippen LogP contribution in [0.1, 0.15) is 5.56 Å². The van der Waals surface area contributed by atoms with Crippen LogP contribution in [0.2, 0.25) is 0 Å². The van der Waals surface area contributed by atoms with Gasteiger partial charge in [-0.2, -0.15) is 8.42 Å². The lowest BCUT2D eigenvalue weighted by Crippen LogP contribution is -2.02. The fraction of sp³-hybridized carbons (Fsp3) is 0.250. The van der Waals surface area contributed by atoms with Crippen molar-refractivity contribution < 1.29 is 12.6 Å². The molecule has 5 nitrogen and oxygen atoms in total. The lowest BCUT2D eigenvalue weighted by Gasteiger charge is -2.00. The summed E-state index contributed by atoms with van der Waals surface area (Å²) in [6.07, 6.45) is 2.41. The van der Waals surface area contributed by atoms with Crippen LogP contribution in [-0.4, -0.2) is 19.7 Å². The van der Waals surface area contributed by atoms with Crippen LogP contribution in [-0.2, 0) is 20.9 Å². The SMILES string of the molecule is [C-]#[N+]c1cc(COS(C)(=O)=O)ccn1. The molecule has 1 aromatic rings. The molecule has 0 N–H and O–H groups in total. The molecule has 14 heavy (non-hydrogen) atoms. The quantitative estimate of drug-likeness (QED) is 0.556. The molecule has 74 valence electrons. The highest BCUT2D eigenvalue weighted by Crippen LogP contribution is 2.11. The molecule has 0 aliphatic rings. The Morgan fingerprint density at radius 3 is 2.93 bits per heavy atom. The highest BCUT2D eigenvalue weighted by Gasteiger charge is 2.03. The zero-order valence-electron chi connectivity index (χ0n) is 7.47. The standard InChI is InChI=1S/C8H8N2O3S/c1-9-8-5-7(3-4-10-8)6-13-14(2,11)12/h3-5H,6H2,2H3. The number of nitrogens with zero attached hydrogens (tertiary/aromatic N) is 2. The van der Waals surface area contributed by atoms with Gasteiger partial charge in [-0.3, -0.25) is 4.18 Å². The summed E-state index contributed by atoms with van der Waals surface area (Å²) in [5.41, 5.74) is 0.608. The first-order valence-electron chi connectivity index (χ1n) is 3.68. The van der Waals surface area contributed by atoms with Gasteiger partial charge in [0, 0.05) is 0 Å². The van der Waals surface area contributed by atoms with Crippen LogP contribution in [0.15, 0.2) is 18.3 Å². The predicted molar refractivity (Wildman–Crippen MR) is 50.1 cm³/mol. The molecule has 0 aliphatic carbocycles. The Labute approximate surface area is 82.3 Å². The normalized spacial score (nSPS) is 10.9. The van der Waals surface area contributed by atoms with Crippen molar-refractivity contribution in [3.63, 3.8) is 0 Å². The second-order valence-electron chi connectivity index (χ2n) is 2.60. The number of rotatable bonds is 3. The van der Waals surface area contributed by atoms with Crippen LogP contribution < -0.4 is 0 Å². The number of hydrogen-bond donors (Lipinski definition) is 0. The first-order valence-corrected chi connectivity index (χ1v) is 5.50. The van der Waals surface area contributed by atoms with Crippen LogP contribution in [0.5, 0.6) is 0 Å². The molecular weight excluding hydrogens is 204 g/mol. The Kier molecular flexibility index (Phi) is 3.17. The van der Waals surface area contributed by atoms with Gasteiger partial charge in [0.1, 0.15) is 6.20 Å². The summed E-state index contributed by atoms with van der Waals surface area (Å²) in [7, 11) is -3.44. The molecule has 0 amide bonds. The molecule has 0 spiro atoms. The van der Waals surface area contributed by atoms with Crippen molar-refractivity contribution in [3.8, 4) is 0 Å². The first-order chi connectivity index (χ1) is 6.51. The summed E-state index contributed by atoms with van der Waals surface area (Å²) in [6.45, 7) is 6.63. The second-order valence-corrected chi connectivity index (χ2v) is 4.24. The monoisotopic (exact) mass is 212 g/mol. The minimum absolute atomic E-state index is 0.0656. The molecule has 1 heterocycles. The van der Waals surface area contributed by atoms with E-state index in [2.05, 4.69) is 14.0 Å². The van der Waals surface area contributed by atoms with E-state index in [9.17, 15) is 8.42 Å². The van der Waals surface area contributed by atoms with E-state index >= 15 is 0 Å². The minimum atomic E-state index is -3.44. The van der Waals surface area contributed by atoms with Crippen LogP contribution in [0.25, 0.3) is 4.85 Å². The highest BCUT2D eigenvalue weighted by molar-refractivity contribution is 7.85. The molecule has 0 aliphatic heterocycles. The Balaban J connectivity index is 2.74. The van der Waals surface area contributed by atoms with Gasteiger partial charge in [0.15, 0.2) is 0 Å². The van der Waals surface area contributed by atoms with Crippen molar-refractivity contribution in [1.29, 1.82) is 0 Å². The third kappa shape index (κ3) is 3.51. The van der Waals surface area contributed by atoms with Gasteiger partial charge in [-0.05, 0) is 17.7 Å². The van der Waals surface area contributed by atoms with E-state index in [1.54, 1.807) is 6.07 Å². The van der Waals surface area contributed by atoms with Gasteiger partial charge in [-0.25, -0.2) is 0 Å². The highest BCUT2D eigenvalue weighted by atomic mass is 32.2. The van der Waals surface area contributed by atoms with E-state index in [1.165, 1.54) is 12.3 Å². The number of hydrogen-bond acceptors (Lipinski definition) is 4. The van der Waals surface area contributed by atoms with E-state index in [0.29, 0.717) is 5.56 Å². The molecule has 0 atom stereocenters. The van der Waals surface area contributed by atoms with Crippen molar-refractivity contribution in [2.45, 2.75) is 6.61 Å². The molecular formula is C8H8N2O3S. The van der Waals surface area contributed by atoms with Crippen molar-refractivity contribution in [3.05, 3.63) is 35.3 Å². The van der Waals surface area contributed by atoms with Crippen molar-refractivity contribution in [1.82, 2.24) is 4.98 Å². The van der Waals surface area contributed by atoms with Crippen molar-refractivity contribution >= 4 is 15.9 Å². The Hall–Kier alpha value is -1.45. The van der Waals surface area contributed by atoms with Gasteiger partial charge in [0.2, 0.25) is 0 Å². The summed E-state index contributed by atoms with van der Waals surface area (Å²) < 4.78 is 25.9. The maximum absolute atomic E-state index is 10.7. The molecule has 6 heteroatoms. The minimum Gasteiger partial charge on any atom is -0.361 e. The first kappa shape index (κ1) is 10.6. The average Bonchev–Trinajstić information content (AvgIpc) is 2.14. The van der Waals surface area contributed by atoms with Crippen LogP contribution in [0.3, 0.4) is 0 Å². The molecule has 0 bridgehead atoms. The summed E-state index contributed by atoms with van der Waals surface area (Å²) in [5.74, 6) is 0.222. The van der Waals surface area contributed by atoms with Gasteiger partial charge in [-0.1, -0.05) is 6.57 Å². The molecule has 1 aromatic heterocycles. The van der Waals surface area contributed by atoms with Gasteiger partial charge < -0.3 is 4.85 Å². The fourth-order valence-corrected chi connectivity index (χ4v) is 1.14.